The van der Waals surface area contributed by atoms with Crippen LogP contribution >= 0.6 is 11.8 Å². The molecule has 1 atom stereocenters. The smallest absolute Gasteiger partial charge is 0.160 e. The fourth-order valence-corrected chi connectivity index (χ4v) is 5.33. The van der Waals surface area contributed by atoms with Crippen molar-refractivity contribution < 1.29 is 0 Å². The maximum absolute atomic E-state index is 4.86. The predicted octanol–water partition coefficient (Wildman–Crippen LogP) is 3.53. The Morgan fingerprint density at radius 1 is 1.22 bits per heavy atom. The number of hydrogen-bond donors (Lipinski definition) is 0. The maximum atomic E-state index is 4.86. The summed E-state index contributed by atoms with van der Waals surface area (Å²) in [5, 5.41) is 0. The van der Waals surface area contributed by atoms with Crippen LogP contribution in [-0.2, 0) is 6.42 Å². The zero-order valence-electron chi connectivity index (χ0n) is 13.9. The molecule has 0 amide bonds. The first-order valence-electron chi connectivity index (χ1n) is 9.00. The van der Waals surface area contributed by atoms with Crippen LogP contribution in [0.3, 0.4) is 0 Å². The summed E-state index contributed by atoms with van der Waals surface area (Å²) in [5.41, 5.74) is 2.15. The van der Waals surface area contributed by atoms with E-state index >= 15 is 0 Å². The highest BCUT2D eigenvalue weighted by molar-refractivity contribution is 7.99. The molecule has 2 aromatic rings. The van der Waals surface area contributed by atoms with Crippen molar-refractivity contribution in [3.05, 3.63) is 24.2 Å². The number of aryl methyl sites for hydroxylation is 1. The van der Waals surface area contributed by atoms with E-state index < -0.39 is 0 Å². The van der Waals surface area contributed by atoms with Crippen LogP contribution in [0.15, 0.2) is 18.3 Å². The molecule has 0 aliphatic carbocycles. The SMILES string of the molecule is CCCc1nc2cccnc2n1C1CCN(C2CCSC2)CC1. The fraction of sp³-hybridized carbons (Fsp3) is 0.667. The lowest BCUT2D eigenvalue weighted by Gasteiger charge is -2.36. The Labute approximate surface area is 142 Å². The molecule has 4 rings (SSSR count). The average molecular weight is 331 g/mol. The standard InChI is InChI=1S/C18H26N4S/c1-2-4-17-20-16-5-3-9-19-18(16)22(17)14-6-10-21(11-7-14)15-8-12-23-13-15/h3,5,9,14-15H,2,4,6-8,10-13H2,1H3. The second-order valence-corrected chi connectivity index (χ2v) is 7.93. The molecule has 2 fully saturated rings. The summed E-state index contributed by atoms with van der Waals surface area (Å²) in [6.07, 6.45) is 7.95. The number of piperidine rings is 1. The van der Waals surface area contributed by atoms with Crippen molar-refractivity contribution in [3.63, 3.8) is 0 Å². The average Bonchev–Trinajstić information content (AvgIpc) is 3.23. The van der Waals surface area contributed by atoms with Crippen LogP contribution in [0.1, 0.15) is 44.5 Å². The highest BCUT2D eigenvalue weighted by Crippen LogP contribution is 2.31. The lowest BCUT2D eigenvalue weighted by Crippen LogP contribution is -2.42. The van der Waals surface area contributed by atoms with Crippen LogP contribution < -0.4 is 0 Å². The molecule has 2 aliphatic rings. The van der Waals surface area contributed by atoms with Crippen molar-refractivity contribution in [1.29, 1.82) is 0 Å². The third-order valence-corrected chi connectivity index (χ3v) is 6.43. The second kappa shape index (κ2) is 6.81. The van der Waals surface area contributed by atoms with Crippen LogP contribution in [0, 0.1) is 0 Å². The van der Waals surface area contributed by atoms with Gasteiger partial charge >= 0.3 is 0 Å². The van der Waals surface area contributed by atoms with Gasteiger partial charge in [0.25, 0.3) is 0 Å². The number of nitrogens with zero attached hydrogens (tertiary/aromatic N) is 4. The Morgan fingerprint density at radius 2 is 2.09 bits per heavy atom. The Kier molecular flexibility index (Phi) is 4.58. The Hall–Kier alpha value is -1.07. The number of hydrogen-bond acceptors (Lipinski definition) is 4. The zero-order chi connectivity index (χ0) is 15.6. The zero-order valence-corrected chi connectivity index (χ0v) is 14.8. The molecule has 124 valence electrons. The number of thioether (sulfide) groups is 1. The molecule has 0 aromatic carbocycles. The number of fused-ring (bicyclic) bond motifs is 1. The van der Waals surface area contributed by atoms with Crippen LogP contribution in [0.2, 0.25) is 0 Å². The molecule has 2 aromatic heterocycles. The lowest BCUT2D eigenvalue weighted by atomic mass is 10.0. The summed E-state index contributed by atoms with van der Waals surface area (Å²) in [6.45, 7) is 4.69. The van der Waals surface area contributed by atoms with Gasteiger partial charge in [0, 0.05) is 43.5 Å². The molecule has 23 heavy (non-hydrogen) atoms. The van der Waals surface area contributed by atoms with Gasteiger partial charge in [0.1, 0.15) is 11.3 Å². The van der Waals surface area contributed by atoms with Gasteiger partial charge in [-0.15, -0.1) is 0 Å². The molecule has 2 saturated heterocycles. The van der Waals surface area contributed by atoms with E-state index in [1.165, 1.54) is 49.7 Å². The minimum atomic E-state index is 0.571. The van der Waals surface area contributed by atoms with Crippen molar-refractivity contribution in [3.8, 4) is 0 Å². The second-order valence-electron chi connectivity index (χ2n) is 6.78. The fourth-order valence-electron chi connectivity index (χ4n) is 4.08. The van der Waals surface area contributed by atoms with E-state index in [-0.39, 0.29) is 0 Å². The van der Waals surface area contributed by atoms with Crippen LogP contribution in [0.25, 0.3) is 11.2 Å². The summed E-state index contributed by atoms with van der Waals surface area (Å²) in [6, 6.07) is 5.49. The van der Waals surface area contributed by atoms with E-state index in [4.69, 9.17) is 4.98 Å². The van der Waals surface area contributed by atoms with E-state index in [0.29, 0.717) is 6.04 Å². The van der Waals surface area contributed by atoms with Gasteiger partial charge in [-0.1, -0.05) is 6.92 Å². The van der Waals surface area contributed by atoms with Gasteiger partial charge < -0.3 is 4.57 Å². The summed E-state index contributed by atoms with van der Waals surface area (Å²) >= 11 is 2.12. The molecule has 1 unspecified atom stereocenters. The van der Waals surface area contributed by atoms with E-state index in [2.05, 4.69) is 39.2 Å². The third-order valence-electron chi connectivity index (χ3n) is 5.28. The van der Waals surface area contributed by atoms with E-state index in [9.17, 15) is 0 Å². The highest BCUT2D eigenvalue weighted by atomic mass is 32.2. The first kappa shape index (κ1) is 15.5. The number of rotatable bonds is 4. The van der Waals surface area contributed by atoms with Crippen molar-refractivity contribution >= 4 is 22.9 Å². The molecular formula is C18H26N4S. The van der Waals surface area contributed by atoms with Gasteiger partial charge in [-0.3, -0.25) is 4.90 Å². The van der Waals surface area contributed by atoms with Gasteiger partial charge in [-0.2, -0.15) is 11.8 Å². The van der Waals surface area contributed by atoms with Crippen LogP contribution in [-0.4, -0.2) is 50.1 Å². The minimum Gasteiger partial charge on any atom is -0.309 e. The molecule has 0 saturated carbocycles. The molecule has 0 spiro atoms. The van der Waals surface area contributed by atoms with Crippen molar-refractivity contribution in [2.24, 2.45) is 0 Å². The summed E-state index contributed by atoms with van der Waals surface area (Å²) in [7, 11) is 0. The quantitative estimate of drug-likeness (QED) is 0.859. The van der Waals surface area contributed by atoms with Gasteiger partial charge in [0.15, 0.2) is 5.65 Å². The van der Waals surface area contributed by atoms with Crippen molar-refractivity contribution in [2.45, 2.75) is 51.1 Å². The Balaban J connectivity index is 1.56. The van der Waals surface area contributed by atoms with Gasteiger partial charge in [-0.25, -0.2) is 9.97 Å². The molecular weight excluding hydrogens is 304 g/mol. The number of pyridine rings is 1. The lowest BCUT2D eigenvalue weighted by molar-refractivity contribution is 0.146. The molecule has 5 heteroatoms. The van der Waals surface area contributed by atoms with E-state index in [1.54, 1.807) is 0 Å². The number of aromatic nitrogens is 3. The van der Waals surface area contributed by atoms with Crippen molar-refractivity contribution in [1.82, 2.24) is 19.4 Å². The largest absolute Gasteiger partial charge is 0.309 e. The maximum Gasteiger partial charge on any atom is 0.160 e. The van der Waals surface area contributed by atoms with Crippen LogP contribution in [0.5, 0.6) is 0 Å². The summed E-state index contributed by atoms with van der Waals surface area (Å²) < 4.78 is 2.46. The number of imidazole rings is 1. The first-order chi connectivity index (χ1) is 11.4. The van der Waals surface area contributed by atoms with Gasteiger partial charge in [0.05, 0.1) is 0 Å². The molecule has 0 N–H and O–H groups in total. The monoisotopic (exact) mass is 330 g/mol. The highest BCUT2D eigenvalue weighted by Gasteiger charge is 2.29. The predicted molar refractivity (Wildman–Crippen MR) is 97.1 cm³/mol. The molecule has 2 aliphatic heterocycles. The Bertz CT molecular complexity index is 654. The van der Waals surface area contributed by atoms with E-state index in [1.807, 2.05) is 12.3 Å². The molecule has 0 bridgehead atoms. The van der Waals surface area contributed by atoms with Crippen molar-refractivity contribution in [2.75, 3.05) is 24.6 Å². The van der Waals surface area contributed by atoms with Gasteiger partial charge in [-0.05, 0) is 43.6 Å². The minimum absolute atomic E-state index is 0.571. The first-order valence-corrected chi connectivity index (χ1v) is 10.2. The molecule has 4 heterocycles. The van der Waals surface area contributed by atoms with E-state index in [0.717, 1.165) is 30.0 Å². The topological polar surface area (TPSA) is 34.0 Å². The van der Waals surface area contributed by atoms with Crippen LogP contribution in [0.4, 0.5) is 0 Å². The third kappa shape index (κ3) is 3.01. The molecule has 4 nitrogen and oxygen atoms in total. The molecule has 0 radical (unpaired) electrons. The normalized spacial score (nSPS) is 23.8. The van der Waals surface area contributed by atoms with Gasteiger partial charge in [0.2, 0.25) is 0 Å². The summed E-state index contributed by atoms with van der Waals surface area (Å²) in [5.74, 6) is 3.92. The number of likely N-dealkylation sites (tertiary alicyclic amines) is 1. The summed E-state index contributed by atoms with van der Waals surface area (Å²) in [4.78, 5) is 12.2. The Morgan fingerprint density at radius 3 is 2.83 bits per heavy atom.